The van der Waals surface area contributed by atoms with Gasteiger partial charge in [-0.1, -0.05) is 32.0 Å². The molecule has 9 heteroatoms. The van der Waals surface area contributed by atoms with E-state index in [1.165, 1.54) is 26.3 Å². The summed E-state index contributed by atoms with van der Waals surface area (Å²) in [6.45, 7) is 6.16. The fourth-order valence-corrected chi connectivity index (χ4v) is 3.12. The molecule has 0 aliphatic carbocycles. The van der Waals surface area contributed by atoms with Crippen LogP contribution < -0.4 is 14.2 Å². The molecule has 9 nitrogen and oxygen atoms in total. The van der Waals surface area contributed by atoms with Crippen LogP contribution in [0.4, 0.5) is 0 Å². The number of ether oxygens (including phenoxy) is 5. The third kappa shape index (κ3) is 7.75. The van der Waals surface area contributed by atoms with Crippen LogP contribution in [0.3, 0.4) is 0 Å². The van der Waals surface area contributed by atoms with Gasteiger partial charge in [0.1, 0.15) is 18.0 Å². The summed E-state index contributed by atoms with van der Waals surface area (Å²) in [6, 6.07) is 10.8. The Labute approximate surface area is 199 Å². The lowest BCUT2D eigenvalue weighted by atomic mass is 10.0. The van der Waals surface area contributed by atoms with Crippen molar-refractivity contribution in [2.24, 2.45) is 5.92 Å². The van der Waals surface area contributed by atoms with E-state index in [0.29, 0.717) is 12.2 Å². The molecule has 0 amide bonds. The quantitative estimate of drug-likeness (QED) is 0.242. The molecule has 0 N–H and O–H groups in total. The third-order valence-corrected chi connectivity index (χ3v) is 4.97. The largest absolute Gasteiger partial charge is 0.493 e. The Bertz CT molecular complexity index is 963. The van der Waals surface area contributed by atoms with E-state index in [1.54, 1.807) is 6.92 Å². The van der Waals surface area contributed by atoms with E-state index >= 15 is 0 Å². The molecule has 184 valence electrons. The lowest BCUT2D eigenvalue weighted by molar-refractivity contribution is -0.158. The van der Waals surface area contributed by atoms with Gasteiger partial charge >= 0.3 is 11.9 Å². The van der Waals surface area contributed by atoms with Crippen LogP contribution in [-0.2, 0) is 19.1 Å². The summed E-state index contributed by atoms with van der Waals surface area (Å²) in [7, 11) is 1.41. The molecule has 0 saturated heterocycles. The number of benzene rings is 1. The van der Waals surface area contributed by atoms with Crippen molar-refractivity contribution in [1.82, 2.24) is 4.98 Å². The highest BCUT2D eigenvalue weighted by atomic mass is 16.7. The van der Waals surface area contributed by atoms with Crippen molar-refractivity contribution < 1.29 is 38.1 Å². The number of ketones is 1. The van der Waals surface area contributed by atoms with Crippen molar-refractivity contribution in [2.75, 3.05) is 13.9 Å². The maximum absolute atomic E-state index is 12.9. The topological polar surface area (TPSA) is 110 Å². The zero-order valence-corrected chi connectivity index (χ0v) is 20.1. The monoisotopic (exact) mass is 473 g/mol. The van der Waals surface area contributed by atoms with Crippen LogP contribution in [0.15, 0.2) is 42.6 Å². The smallest absolute Gasteiger partial charge is 0.309 e. The second-order valence-electron chi connectivity index (χ2n) is 7.64. The Balaban J connectivity index is 2.03. The molecule has 0 aliphatic heterocycles. The Morgan fingerprint density at radius 1 is 1.06 bits per heavy atom. The highest BCUT2D eigenvalue weighted by molar-refractivity contribution is 5.99. The molecular weight excluding hydrogens is 442 g/mol. The molecule has 1 aromatic heterocycles. The number of hydrogen-bond acceptors (Lipinski definition) is 9. The Morgan fingerprint density at radius 3 is 2.38 bits per heavy atom. The van der Waals surface area contributed by atoms with Crippen molar-refractivity contribution in [1.29, 1.82) is 0 Å². The molecule has 0 radical (unpaired) electrons. The van der Waals surface area contributed by atoms with Crippen LogP contribution >= 0.6 is 0 Å². The van der Waals surface area contributed by atoms with E-state index in [0.717, 1.165) is 0 Å². The predicted octanol–water partition coefficient (Wildman–Crippen LogP) is 3.99. The second-order valence-corrected chi connectivity index (χ2v) is 7.64. The SMILES string of the molecule is CC[C@H](OC(=O)[C@H](C)CC(=O)c1nccc(OC)c1OCOC(C)=O)[C@@H](C)Oc1ccccc1. The number of hydrogen-bond donors (Lipinski definition) is 0. The van der Waals surface area contributed by atoms with E-state index < -0.39 is 36.5 Å². The van der Waals surface area contributed by atoms with Crippen LogP contribution in [0.5, 0.6) is 17.2 Å². The molecule has 34 heavy (non-hydrogen) atoms. The molecule has 3 atom stereocenters. The van der Waals surface area contributed by atoms with E-state index in [4.69, 9.17) is 23.7 Å². The summed E-state index contributed by atoms with van der Waals surface area (Å²) in [6.07, 6.45) is 0.923. The van der Waals surface area contributed by atoms with E-state index in [1.807, 2.05) is 44.2 Å². The van der Waals surface area contributed by atoms with Crippen LogP contribution in [0.2, 0.25) is 0 Å². The number of nitrogens with zero attached hydrogens (tertiary/aromatic N) is 1. The van der Waals surface area contributed by atoms with Gasteiger partial charge < -0.3 is 23.7 Å². The summed E-state index contributed by atoms with van der Waals surface area (Å²) in [5, 5.41) is 0. The number of aromatic nitrogens is 1. The number of pyridine rings is 1. The Kier molecular flexibility index (Phi) is 10.3. The first-order valence-corrected chi connectivity index (χ1v) is 11.0. The van der Waals surface area contributed by atoms with Gasteiger partial charge in [0.25, 0.3) is 0 Å². The van der Waals surface area contributed by atoms with Gasteiger partial charge in [-0.2, -0.15) is 0 Å². The zero-order valence-electron chi connectivity index (χ0n) is 20.1. The van der Waals surface area contributed by atoms with Crippen LogP contribution in [0.1, 0.15) is 51.0 Å². The first-order valence-electron chi connectivity index (χ1n) is 11.0. The third-order valence-electron chi connectivity index (χ3n) is 4.97. The molecular formula is C25H31NO8. The number of methoxy groups -OCH3 is 1. The minimum absolute atomic E-state index is 0.0287. The van der Waals surface area contributed by atoms with Crippen LogP contribution in [0, 0.1) is 5.92 Å². The molecule has 0 spiro atoms. The minimum atomic E-state index is -0.736. The number of carbonyl (C=O) groups excluding carboxylic acids is 3. The van der Waals surface area contributed by atoms with Crippen molar-refractivity contribution in [3.8, 4) is 17.2 Å². The van der Waals surface area contributed by atoms with Gasteiger partial charge in [0, 0.05) is 25.6 Å². The van der Waals surface area contributed by atoms with Crippen molar-refractivity contribution >= 4 is 17.7 Å². The van der Waals surface area contributed by atoms with Gasteiger partial charge in [0.15, 0.2) is 23.0 Å². The van der Waals surface area contributed by atoms with Crippen LogP contribution in [-0.4, -0.2) is 48.8 Å². The van der Waals surface area contributed by atoms with Crippen LogP contribution in [0.25, 0.3) is 0 Å². The van der Waals surface area contributed by atoms with Gasteiger partial charge in [0.05, 0.1) is 13.0 Å². The molecule has 1 heterocycles. The zero-order chi connectivity index (χ0) is 25.1. The average molecular weight is 474 g/mol. The fraction of sp³-hybridized carbons (Fsp3) is 0.440. The van der Waals surface area contributed by atoms with Gasteiger partial charge in [-0.05, 0) is 25.5 Å². The maximum atomic E-state index is 12.9. The number of Topliss-reactive ketones (excluding diaryl/α,β-unsaturated/α-hetero) is 1. The molecule has 0 bridgehead atoms. The standard InChI is InChI=1S/C25H31NO8/c1-6-21(17(3)33-19-10-8-7-9-11-19)34-25(29)16(2)14-20(28)23-24(32-15-31-18(4)27)22(30-5)12-13-26-23/h7-13,16-17,21H,6,14-15H2,1-5H3/t16-,17-,21+/m1/s1. The highest BCUT2D eigenvalue weighted by Crippen LogP contribution is 2.31. The molecule has 0 unspecified atom stereocenters. The minimum Gasteiger partial charge on any atom is -0.493 e. The van der Waals surface area contributed by atoms with Crippen molar-refractivity contribution in [3.05, 3.63) is 48.3 Å². The Hall–Kier alpha value is -3.62. The fourth-order valence-electron chi connectivity index (χ4n) is 3.12. The van der Waals surface area contributed by atoms with Crippen molar-refractivity contribution in [2.45, 2.75) is 52.7 Å². The highest BCUT2D eigenvalue weighted by Gasteiger charge is 2.28. The predicted molar refractivity (Wildman–Crippen MR) is 123 cm³/mol. The maximum Gasteiger partial charge on any atom is 0.309 e. The number of esters is 2. The van der Waals surface area contributed by atoms with Gasteiger partial charge in [-0.15, -0.1) is 0 Å². The molecule has 0 aliphatic rings. The molecule has 0 fully saturated rings. The van der Waals surface area contributed by atoms with E-state index in [9.17, 15) is 14.4 Å². The van der Waals surface area contributed by atoms with Gasteiger partial charge in [-0.25, -0.2) is 4.98 Å². The molecule has 2 rings (SSSR count). The Morgan fingerprint density at radius 2 is 1.76 bits per heavy atom. The normalized spacial score (nSPS) is 13.2. The van der Waals surface area contributed by atoms with Gasteiger partial charge in [-0.3, -0.25) is 14.4 Å². The van der Waals surface area contributed by atoms with Crippen molar-refractivity contribution in [3.63, 3.8) is 0 Å². The summed E-state index contributed by atoms with van der Waals surface area (Å²) in [5.74, 6) is -1.27. The lowest BCUT2D eigenvalue weighted by Gasteiger charge is -2.25. The van der Waals surface area contributed by atoms with Gasteiger partial charge in [0.2, 0.25) is 6.79 Å². The summed E-state index contributed by atoms with van der Waals surface area (Å²) in [4.78, 5) is 40.8. The summed E-state index contributed by atoms with van der Waals surface area (Å²) >= 11 is 0. The molecule has 1 aromatic carbocycles. The second kappa shape index (κ2) is 13.2. The summed E-state index contributed by atoms with van der Waals surface area (Å²) < 4.78 is 26.9. The first kappa shape index (κ1) is 26.6. The number of carbonyl (C=O) groups is 3. The lowest BCUT2D eigenvalue weighted by Crippen LogP contribution is -2.35. The molecule has 2 aromatic rings. The first-order chi connectivity index (χ1) is 16.3. The van der Waals surface area contributed by atoms with E-state index in [-0.39, 0.29) is 29.7 Å². The average Bonchev–Trinajstić information content (AvgIpc) is 2.82. The number of rotatable bonds is 13. The summed E-state index contributed by atoms with van der Waals surface area (Å²) in [5.41, 5.74) is -0.0287. The number of para-hydroxylation sites is 1. The van der Waals surface area contributed by atoms with E-state index in [2.05, 4.69) is 4.98 Å². The molecule has 0 saturated carbocycles.